The highest BCUT2D eigenvalue weighted by atomic mass is 16.5. The molecule has 1 saturated heterocycles. The monoisotopic (exact) mass is 364 g/mol. The summed E-state index contributed by atoms with van der Waals surface area (Å²) in [4.78, 5) is 10.8. The van der Waals surface area contributed by atoms with Gasteiger partial charge in [0.15, 0.2) is 0 Å². The van der Waals surface area contributed by atoms with E-state index in [9.17, 15) is 5.11 Å². The Morgan fingerprint density at radius 3 is 2.96 bits per heavy atom. The Hall–Kier alpha value is -2.86. The molecule has 0 radical (unpaired) electrons. The molecule has 4 rings (SSSR count). The molecule has 6 nitrogen and oxygen atoms in total. The minimum atomic E-state index is 0.155. The standard InChI is InChI=1S/C21H24N4O2/c26-14-17-7-4-11-25(17)21-13-20(23-15-24-21)22-10-12-27-19-9-3-6-16-5-1-2-8-18(16)19/h1-3,5-6,8-9,13,15,17,26H,4,7,10-12,14H2,(H,22,23,24). The van der Waals surface area contributed by atoms with E-state index < -0.39 is 0 Å². The summed E-state index contributed by atoms with van der Waals surface area (Å²) in [5.41, 5.74) is 0. The number of fused-ring (bicyclic) bond motifs is 1. The molecule has 140 valence electrons. The zero-order chi connectivity index (χ0) is 18.5. The Labute approximate surface area is 158 Å². The maximum Gasteiger partial charge on any atom is 0.134 e. The van der Waals surface area contributed by atoms with E-state index in [4.69, 9.17) is 4.74 Å². The molecule has 1 aliphatic rings. The second kappa shape index (κ2) is 8.22. The minimum Gasteiger partial charge on any atom is -0.491 e. The van der Waals surface area contributed by atoms with Crippen LogP contribution >= 0.6 is 0 Å². The van der Waals surface area contributed by atoms with Crippen LogP contribution in [-0.4, -0.2) is 47.4 Å². The van der Waals surface area contributed by atoms with Gasteiger partial charge in [0.1, 0.15) is 30.3 Å². The molecule has 2 aromatic carbocycles. The van der Waals surface area contributed by atoms with Gasteiger partial charge >= 0.3 is 0 Å². The highest BCUT2D eigenvalue weighted by molar-refractivity contribution is 5.88. The number of nitrogens with one attached hydrogen (secondary N) is 1. The first kappa shape index (κ1) is 17.5. The van der Waals surface area contributed by atoms with Crippen LogP contribution in [0.5, 0.6) is 5.75 Å². The quantitative estimate of drug-likeness (QED) is 0.628. The molecular weight excluding hydrogens is 340 g/mol. The summed E-state index contributed by atoms with van der Waals surface area (Å²) in [6.45, 7) is 2.26. The topological polar surface area (TPSA) is 70.5 Å². The van der Waals surface area contributed by atoms with E-state index in [1.54, 1.807) is 6.33 Å². The van der Waals surface area contributed by atoms with E-state index >= 15 is 0 Å². The van der Waals surface area contributed by atoms with E-state index in [0.29, 0.717) is 13.2 Å². The molecule has 0 amide bonds. The number of aromatic nitrogens is 2. The van der Waals surface area contributed by atoms with Crippen molar-refractivity contribution in [3.8, 4) is 5.75 Å². The van der Waals surface area contributed by atoms with Crippen molar-refractivity contribution < 1.29 is 9.84 Å². The molecule has 0 bridgehead atoms. The zero-order valence-electron chi connectivity index (χ0n) is 15.2. The normalized spacial score (nSPS) is 16.6. The van der Waals surface area contributed by atoms with E-state index in [0.717, 1.165) is 42.2 Å². The van der Waals surface area contributed by atoms with Crippen molar-refractivity contribution in [2.75, 3.05) is 36.5 Å². The summed E-state index contributed by atoms with van der Waals surface area (Å²) in [5.74, 6) is 2.52. The van der Waals surface area contributed by atoms with Gasteiger partial charge in [0.2, 0.25) is 0 Å². The minimum absolute atomic E-state index is 0.155. The smallest absolute Gasteiger partial charge is 0.134 e. The maximum atomic E-state index is 9.51. The number of nitrogens with zero attached hydrogens (tertiary/aromatic N) is 3. The Morgan fingerprint density at radius 2 is 2.04 bits per heavy atom. The molecule has 0 saturated carbocycles. The second-order valence-electron chi connectivity index (χ2n) is 6.69. The third-order valence-corrected chi connectivity index (χ3v) is 4.95. The largest absolute Gasteiger partial charge is 0.491 e. The van der Waals surface area contributed by atoms with Gasteiger partial charge in [-0.05, 0) is 24.3 Å². The predicted octanol–water partition coefficient (Wildman–Crippen LogP) is 3.08. The molecule has 2 heterocycles. The summed E-state index contributed by atoms with van der Waals surface area (Å²) in [6.07, 6.45) is 3.65. The molecule has 2 N–H and O–H groups in total. The molecule has 1 atom stereocenters. The number of aliphatic hydroxyl groups is 1. The summed E-state index contributed by atoms with van der Waals surface area (Å²) in [5, 5.41) is 15.1. The first-order valence-corrected chi connectivity index (χ1v) is 9.39. The van der Waals surface area contributed by atoms with Crippen molar-refractivity contribution in [3.05, 3.63) is 54.9 Å². The lowest BCUT2D eigenvalue weighted by Crippen LogP contribution is -2.32. The third-order valence-electron chi connectivity index (χ3n) is 4.95. The van der Waals surface area contributed by atoms with Crippen LogP contribution in [0, 0.1) is 0 Å². The number of rotatable bonds is 7. The van der Waals surface area contributed by atoms with Crippen LogP contribution in [0.15, 0.2) is 54.9 Å². The summed E-state index contributed by atoms with van der Waals surface area (Å²) in [6, 6.07) is 16.4. The van der Waals surface area contributed by atoms with E-state index in [1.165, 1.54) is 5.39 Å². The molecule has 0 aliphatic carbocycles. The molecule has 0 spiro atoms. The number of aliphatic hydroxyl groups excluding tert-OH is 1. The lowest BCUT2D eigenvalue weighted by Gasteiger charge is -2.24. The molecule has 1 fully saturated rings. The molecule has 3 aromatic rings. The van der Waals surface area contributed by atoms with Gasteiger partial charge in [-0.3, -0.25) is 0 Å². The molecule has 27 heavy (non-hydrogen) atoms. The van der Waals surface area contributed by atoms with Gasteiger partial charge in [0, 0.05) is 18.0 Å². The highest BCUT2D eigenvalue weighted by Gasteiger charge is 2.25. The Bertz CT molecular complexity index is 897. The highest BCUT2D eigenvalue weighted by Crippen LogP contribution is 2.26. The van der Waals surface area contributed by atoms with Crippen molar-refractivity contribution >= 4 is 22.4 Å². The zero-order valence-corrected chi connectivity index (χ0v) is 15.2. The van der Waals surface area contributed by atoms with E-state index in [2.05, 4.69) is 38.4 Å². The first-order chi connectivity index (χ1) is 13.3. The average Bonchev–Trinajstić information content (AvgIpc) is 3.20. The van der Waals surface area contributed by atoms with Crippen molar-refractivity contribution in [3.63, 3.8) is 0 Å². The summed E-state index contributed by atoms with van der Waals surface area (Å²) < 4.78 is 5.96. The number of anilines is 2. The van der Waals surface area contributed by atoms with Gasteiger partial charge in [-0.25, -0.2) is 9.97 Å². The van der Waals surface area contributed by atoms with Crippen LogP contribution in [0.3, 0.4) is 0 Å². The molecule has 1 aromatic heterocycles. The number of hydrogen-bond donors (Lipinski definition) is 2. The van der Waals surface area contributed by atoms with Crippen molar-refractivity contribution in [1.29, 1.82) is 0 Å². The summed E-state index contributed by atoms with van der Waals surface area (Å²) in [7, 11) is 0. The fourth-order valence-corrected chi connectivity index (χ4v) is 3.59. The maximum absolute atomic E-state index is 9.51. The molecule has 1 unspecified atom stereocenters. The van der Waals surface area contributed by atoms with E-state index in [-0.39, 0.29) is 12.6 Å². The van der Waals surface area contributed by atoms with Gasteiger partial charge in [-0.1, -0.05) is 36.4 Å². The van der Waals surface area contributed by atoms with Crippen molar-refractivity contribution in [1.82, 2.24) is 9.97 Å². The lowest BCUT2D eigenvalue weighted by molar-refractivity contribution is 0.266. The number of hydrogen-bond acceptors (Lipinski definition) is 6. The van der Waals surface area contributed by atoms with Crippen LogP contribution in [0.1, 0.15) is 12.8 Å². The van der Waals surface area contributed by atoms with Crippen LogP contribution in [0.25, 0.3) is 10.8 Å². The molecule has 6 heteroatoms. The predicted molar refractivity (Wildman–Crippen MR) is 107 cm³/mol. The average molecular weight is 364 g/mol. The second-order valence-corrected chi connectivity index (χ2v) is 6.69. The SMILES string of the molecule is OCC1CCCN1c1cc(NCCOc2cccc3ccccc23)ncn1. The third kappa shape index (κ3) is 3.95. The Kier molecular flexibility index (Phi) is 5.34. The van der Waals surface area contributed by atoms with Gasteiger partial charge in [-0.15, -0.1) is 0 Å². The lowest BCUT2D eigenvalue weighted by atomic mass is 10.1. The van der Waals surface area contributed by atoms with E-state index in [1.807, 2.05) is 30.3 Å². The number of benzene rings is 2. The van der Waals surface area contributed by atoms with Crippen LogP contribution < -0.4 is 15.0 Å². The van der Waals surface area contributed by atoms with Crippen molar-refractivity contribution in [2.45, 2.75) is 18.9 Å². The van der Waals surface area contributed by atoms with Crippen molar-refractivity contribution in [2.24, 2.45) is 0 Å². The van der Waals surface area contributed by atoms with Gasteiger partial charge in [0.25, 0.3) is 0 Å². The fraction of sp³-hybridized carbons (Fsp3) is 0.333. The van der Waals surface area contributed by atoms with Gasteiger partial charge in [-0.2, -0.15) is 0 Å². The fourth-order valence-electron chi connectivity index (χ4n) is 3.59. The van der Waals surface area contributed by atoms with Gasteiger partial charge in [0.05, 0.1) is 19.2 Å². The molecule has 1 aliphatic heterocycles. The first-order valence-electron chi connectivity index (χ1n) is 9.39. The molecular formula is C21H24N4O2. The van der Waals surface area contributed by atoms with Crippen LogP contribution in [0.2, 0.25) is 0 Å². The van der Waals surface area contributed by atoms with Crippen LogP contribution in [0.4, 0.5) is 11.6 Å². The number of ether oxygens (including phenoxy) is 1. The summed E-state index contributed by atoms with van der Waals surface area (Å²) >= 11 is 0. The van der Waals surface area contributed by atoms with Gasteiger partial charge < -0.3 is 20.1 Å². The van der Waals surface area contributed by atoms with Crippen LogP contribution in [-0.2, 0) is 0 Å². The Morgan fingerprint density at radius 1 is 1.15 bits per heavy atom. The Balaban J connectivity index is 1.35.